The molecule has 3 nitrogen and oxygen atoms in total. The van der Waals surface area contributed by atoms with Crippen LogP contribution in [0.4, 0.5) is 0 Å². The second-order valence-electron chi connectivity index (χ2n) is 3.53. The number of carboxylic acid groups (broad SMARTS) is 1. The van der Waals surface area contributed by atoms with E-state index in [0.717, 1.165) is 18.9 Å². The fraction of sp³-hybridized carbons (Fsp3) is 0.308. The molecule has 16 heavy (non-hydrogen) atoms. The van der Waals surface area contributed by atoms with Crippen molar-refractivity contribution in [1.29, 1.82) is 0 Å². The van der Waals surface area contributed by atoms with Crippen molar-refractivity contribution in [2.24, 2.45) is 0 Å². The van der Waals surface area contributed by atoms with Crippen molar-refractivity contribution in [3.05, 3.63) is 47.7 Å². The summed E-state index contributed by atoms with van der Waals surface area (Å²) in [6.45, 7) is 2.20. The lowest BCUT2D eigenvalue weighted by Crippen LogP contribution is -1.98. The number of allylic oxidation sites excluding steroid dienone is 1. The molecule has 0 aliphatic carbocycles. The lowest BCUT2D eigenvalue weighted by molar-refractivity contribution is -0.131. The van der Waals surface area contributed by atoms with Gasteiger partial charge in [0.05, 0.1) is 12.7 Å². The molecule has 0 radical (unpaired) electrons. The van der Waals surface area contributed by atoms with Crippen molar-refractivity contribution in [3.63, 3.8) is 0 Å². The van der Waals surface area contributed by atoms with E-state index in [2.05, 4.69) is 12.1 Å². The largest absolute Gasteiger partial charge is 0.498 e. The Hall–Kier alpha value is -1.77. The molecule has 86 valence electrons. The molecule has 1 N–H and O–H groups in total. The number of hydrogen-bond acceptors (Lipinski definition) is 2. The molecular weight excluding hydrogens is 204 g/mol. The van der Waals surface area contributed by atoms with Gasteiger partial charge in [-0.2, -0.15) is 0 Å². The van der Waals surface area contributed by atoms with E-state index in [1.807, 2.05) is 18.2 Å². The van der Waals surface area contributed by atoms with Gasteiger partial charge in [0.15, 0.2) is 0 Å². The molecule has 0 aliphatic rings. The van der Waals surface area contributed by atoms with Crippen molar-refractivity contribution in [2.45, 2.75) is 19.8 Å². The van der Waals surface area contributed by atoms with Crippen LogP contribution in [0.15, 0.2) is 42.2 Å². The zero-order valence-corrected chi connectivity index (χ0v) is 9.35. The first kappa shape index (κ1) is 12.3. The predicted molar refractivity (Wildman–Crippen MR) is 62.1 cm³/mol. The van der Waals surface area contributed by atoms with Crippen LogP contribution in [-0.2, 0) is 16.0 Å². The SMILES string of the molecule is C/C(=C\C(=O)O)OCCCc1ccccc1. The highest BCUT2D eigenvalue weighted by molar-refractivity contribution is 5.80. The van der Waals surface area contributed by atoms with Gasteiger partial charge in [-0.15, -0.1) is 0 Å². The van der Waals surface area contributed by atoms with E-state index in [0.29, 0.717) is 12.4 Å². The van der Waals surface area contributed by atoms with E-state index >= 15 is 0 Å². The van der Waals surface area contributed by atoms with Gasteiger partial charge in [0.2, 0.25) is 0 Å². The lowest BCUT2D eigenvalue weighted by atomic mass is 10.1. The topological polar surface area (TPSA) is 46.5 Å². The fourth-order valence-electron chi connectivity index (χ4n) is 1.37. The van der Waals surface area contributed by atoms with Crippen LogP contribution >= 0.6 is 0 Å². The molecule has 0 aromatic heterocycles. The molecule has 0 bridgehead atoms. The third-order valence-electron chi connectivity index (χ3n) is 2.11. The third-order valence-corrected chi connectivity index (χ3v) is 2.11. The van der Waals surface area contributed by atoms with Gasteiger partial charge in [0.1, 0.15) is 5.76 Å². The first-order valence-corrected chi connectivity index (χ1v) is 5.26. The molecule has 0 saturated carbocycles. The Morgan fingerprint density at radius 2 is 2.06 bits per heavy atom. The highest BCUT2D eigenvalue weighted by Gasteiger charge is 1.96. The third kappa shape index (κ3) is 5.20. The molecule has 0 amide bonds. The molecule has 0 aliphatic heterocycles. The lowest BCUT2D eigenvalue weighted by Gasteiger charge is -2.05. The van der Waals surface area contributed by atoms with Crippen molar-refractivity contribution in [3.8, 4) is 0 Å². The van der Waals surface area contributed by atoms with E-state index in [1.165, 1.54) is 5.56 Å². The number of aryl methyl sites for hydroxylation is 1. The van der Waals surface area contributed by atoms with Crippen molar-refractivity contribution in [2.75, 3.05) is 6.61 Å². The monoisotopic (exact) mass is 220 g/mol. The minimum absolute atomic E-state index is 0.445. The Morgan fingerprint density at radius 1 is 1.38 bits per heavy atom. The summed E-state index contributed by atoms with van der Waals surface area (Å²) < 4.78 is 5.25. The van der Waals surface area contributed by atoms with Gasteiger partial charge in [0.25, 0.3) is 0 Å². The van der Waals surface area contributed by atoms with Gasteiger partial charge in [0, 0.05) is 0 Å². The van der Waals surface area contributed by atoms with Crippen LogP contribution in [0.1, 0.15) is 18.9 Å². The number of benzene rings is 1. The average Bonchev–Trinajstić information content (AvgIpc) is 2.25. The summed E-state index contributed by atoms with van der Waals surface area (Å²) in [4.78, 5) is 10.3. The van der Waals surface area contributed by atoms with E-state index in [1.54, 1.807) is 6.92 Å². The van der Waals surface area contributed by atoms with E-state index < -0.39 is 5.97 Å². The number of ether oxygens (including phenoxy) is 1. The number of carboxylic acids is 1. The zero-order valence-electron chi connectivity index (χ0n) is 9.35. The molecular formula is C13H16O3. The van der Waals surface area contributed by atoms with Crippen LogP contribution in [0, 0.1) is 0 Å². The predicted octanol–water partition coefficient (Wildman–Crippen LogP) is 2.62. The second-order valence-corrected chi connectivity index (χ2v) is 3.53. The second kappa shape index (κ2) is 6.67. The summed E-state index contributed by atoms with van der Waals surface area (Å²) in [5.74, 6) is -0.527. The Morgan fingerprint density at radius 3 is 2.69 bits per heavy atom. The van der Waals surface area contributed by atoms with Gasteiger partial charge in [-0.05, 0) is 25.3 Å². The molecule has 0 unspecified atom stereocenters. The number of hydrogen-bond donors (Lipinski definition) is 1. The molecule has 1 aromatic carbocycles. The maximum atomic E-state index is 10.3. The molecule has 1 rings (SSSR count). The summed E-state index contributed by atoms with van der Waals surface area (Å²) in [7, 11) is 0. The smallest absolute Gasteiger partial charge is 0.331 e. The Balaban J connectivity index is 2.20. The highest BCUT2D eigenvalue weighted by atomic mass is 16.5. The van der Waals surface area contributed by atoms with Gasteiger partial charge >= 0.3 is 5.97 Å². The van der Waals surface area contributed by atoms with Crippen LogP contribution in [0.2, 0.25) is 0 Å². The highest BCUT2D eigenvalue weighted by Crippen LogP contribution is 2.04. The first-order chi connectivity index (χ1) is 7.68. The standard InChI is InChI=1S/C13H16O3/c1-11(10-13(14)15)16-9-5-8-12-6-3-2-4-7-12/h2-4,6-7,10H,5,8-9H2,1H3,(H,14,15)/b11-10+. The van der Waals surface area contributed by atoms with E-state index in [4.69, 9.17) is 9.84 Å². The maximum absolute atomic E-state index is 10.3. The van der Waals surface area contributed by atoms with E-state index in [9.17, 15) is 4.79 Å². The van der Waals surface area contributed by atoms with Crippen molar-refractivity contribution >= 4 is 5.97 Å². The Labute approximate surface area is 95.4 Å². The normalized spacial score (nSPS) is 11.2. The molecule has 3 heteroatoms. The number of aliphatic carboxylic acids is 1. The summed E-state index contributed by atoms with van der Waals surface area (Å²) in [5.41, 5.74) is 1.27. The molecule has 0 fully saturated rings. The minimum atomic E-state index is -0.972. The summed E-state index contributed by atoms with van der Waals surface area (Å²) >= 11 is 0. The van der Waals surface area contributed by atoms with Crippen molar-refractivity contribution in [1.82, 2.24) is 0 Å². The average molecular weight is 220 g/mol. The maximum Gasteiger partial charge on any atom is 0.331 e. The van der Waals surface area contributed by atoms with Gasteiger partial charge in [-0.1, -0.05) is 30.3 Å². The molecule has 0 spiro atoms. The first-order valence-electron chi connectivity index (χ1n) is 5.26. The Bertz CT molecular complexity index is 355. The molecule has 1 aromatic rings. The Kier molecular flexibility index (Phi) is 5.12. The summed E-state index contributed by atoms with van der Waals surface area (Å²) in [6, 6.07) is 10.1. The van der Waals surface area contributed by atoms with Crippen LogP contribution < -0.4 is 0 Å². The minimum Gasteiger partial charge on any atom is -0.498 e. The van der Waals surface area contributed by atoms with Gasteiger partial charge < -0.3 is 9.84 Å². The fourth-order valence-corrected chi connectivity index (χ4v) is 1.37. The summed E-state index contributed by atoms with van der Waals surface area (Å²) in [5, 5.41) is 8.46. The zero-order chi connectivity index (χ0) is 11.8. The van der Waals surface area contributed by atoms with Gasteiger partial charge in [-0.3, -0.25) is 0 Å². The van der Waals surface area contributed by atoms with E-state index in [-0.39, 0.29) is 0 Å². The van der Waals surface area contributed by atoms with Crippen LogP contribution in [-0.4, -0.2) is 17.7 Å². The van der Waals surface area contributed by atoms with Crippen molar-refractivity contribution < 1.29 is 14.6 Å². The van der Waals surface area contributed by atoms with Crippen LogP contribution in [0.25, 0.3) is 0 Å². The quantitative estimate of drug-likeness (QED) is 0.455. The summed E-state index contributed by atoms with van der Waals surface area (Å²) in [6.07, 6.45) is 2.90. The van der Waals surface area contributed by atoms with Crippen LogP contribution in [0.3, 0.4) is 0 Å². The number of carbonyl (C=O) groups is 1. The van der Waals surface area contributed by atoms with Crippen LogP contribution in [0.5, 0.6) is 0 Å². The molecule has 0 heterocycles. The molecule has 0 atom stereocenters. The van der Waals surface area contributed by atoms with Gasteiger partial charge in [-0.25, -0.2) is 4.79 Å². The molecule has 0 saturated heterocycles. The number of rotatable bonds is 6.